The standard InChI is InChI=1S/C14H15ClFN5O/c1-9(17)12(8-22-14-7-6-13(15)19-20-14)21(18)11-4-2-10(16)3-5-11/h2-7H,8,17-18H2,1H3/b12-9-. The Labute approximate surface area is 132 Å². The maximum atomic E-state index is 13.0. The van der Waals surface area contributed by atoms with Crippen molar-refractivity contribution in [1.29, 1.82) is 0 Å². The van der Waals surface area contributed by atoms with Gasteiger partial charge in [-0.3, -0.25) is 5.01 Å². The highest BCUT2D eigenvalue weighted by Crippen LogP contribution is 2.18. The predicted octanol–water partition coefficient (Wildman–Crippen LogP) is 2.22. The van der Waals surface area contributed by atoms with E-state index in [9.17, 15) is 4.39 Å². The van der Waals surface area contributed by atoms with E-state index >= 15 is 0 Å². The fourth-order valence-electron chi connectivity index (χ4n) is 1.65. The van der Waals surface area contributed by atoms with E-state index in [4.69, 9.17) is 27.9 Å². The second kappa shape index (κ2) is 7.06. The van der Waals surface area contributed by atoms with Crippen molar-refractivity contribution in [1.82, 2.24) is 10.2 Å². The van der Waals surface area contributed by atoms with Gasteiger partial charge < -0.3 is 10.5 Å². The van der Waals surface area contributed by atoms with Gasteiger partial charge in [-0.2, -0.15) is 0 Å². The molecule has 0 fully saturated rings. The molecule has 0 atom stereocenters. The highest BCUT2D eigenvalue weighted by atomic mass is 35.5. The first-order valence-corrected chi connectivity index (χ1v) is 6.73. The lowest BCUT2D eigenvalue weighted by atomic mass is 10.2. The lowest BCUT2D eigenvalue weighted by molar-refractivity contribution is 0.329. The molecule has 8 heteroatoms. The summed E-state index contributed by atoms with van der Waals surface area (Å²) in [4.78, 5) is 0. The summed E-state index contributed by atoms with van der Waals surface area (Å²) in [7, 11) is 0. The molecule has 1 aromatic carbocycles. The van der Waals surface area contributed by atoms with Crippen LogP contribution in [0.3, 0.4) is 0 Å². The molecule has 0 aliphatic heterocycles. The quantitative estimate of drug-likeness (QED) is 0.647. The van der Waals surface area contributed by atoms with Gasteiger partial charge in [-0.15, -0.1) is 10.2 Å². The molecule has 1 heterocycles. The van der Waals surface area contributed by atoms with Crippen molar-refractivity contribution in [3.05, 3.63) is 58.8 Å². The number of rotatable bonds is 5. The summed E-state index contributed by atoms with van der Waals surface area (Å²) in [5, 5.41) is 9.05. The number of hydrazine groups is 1. The molecule has 22 heavy (non-hydrogen) atoms. The largest absolute Gasteiger partial charge is 0.470 e. The third-order valence-electron chi connectivity index (χ3n) is 2.82. The van der Waals surface area contributed by atoms with Gasteiger partial charge in [0.1, 0.15) is 12.4 Å². The Morgan fingerprint density at radius 1 is 1.23 bits per heavy atom. The van der Waals surface area contributed by atoms with Gasteiger partial charge in [0, 0.05) is 11.8 Å². The molecule has 6 nitrogen and oxygen atoms in total. The fraction of sp³-hybridized carbons (Fsp3) is 0.143. The third-order valence-corrected chi connectivity index (χ3v) is 3.02. The van der Waals surface area contributed by atoms with Crippen LogP contribution in [-0.2, 0) is 0 Å². The van der Waals surface area contributed by atoms with Crippen molar-refractivity contribution < 1.29 is 9.13 Å². The van der Waals surface area contributed by atoms with Gasteiger partial charge in [-0.25, -0.2) is 10.2 Å². The van der Waals surface area contributed by atoms with Crippen LogP contribution in [0.1, 0.15) is 6.92 Å². The van der Waals surface area contributed by atoms with Crippen LogP contribution in [0.4, 0.5) is 10.1 Å². The van der Waals surface area contributed by atoms with Crippen molar-refractivity contribution in [2.24, 2.45) is 11.6 Å². The van der Waals surface area contributed by atoms with E-state index in [-0.39, 0.29) is 23.5 Å². The van der Waals surface area contributed by atoms with Crippen LogP contribution >= 0.6 is 11.6 Å². The molecule has 2 aromatic rings. The average molecular weight is 324 g/mol. The number of benzene rings is 1. The maximum Gasteiger partial charge on any atom is 0.233 e. The number of allylic oxidation sites excluding steroid dienone is 1. The minimum atomic E-state index is -0.347. The molecule has 2 rings (SSSR count). The summed E-state index contributed by atoms with van der Waals surface area (Å²) >= 11 is 5.65. The lowest BCUT2D eigenvalue weighted by Gasteiger charge is -2.23. The van der Waals surface area contributed by atoms with Crippen molar-refractivity contribution >= 4 is 17.3 Å². The van der Waals surface area contributed by atoms with E-state index in [0.717, 1.165) is 0 Å². The number of hydrogen-bond donors (Lipinski definition) is 2. The van der Waals surface area contributed by atoms with Gasteiger partial charge >= 0.3 is 0 Å². The van der Waals surface area contributed by atoms with E-state index in [1.807, 2.05) is 0 Å². The number of nitrogens with two attached hydrogens (primary N) is 2. The van der Waals surface area contributed by atoms with E-state index in [2.05, 4.69) is 10.2 Å². The zero-order valence-corrected chi connectivity index (χ0v) is 12.6. The van der Waals surface area contributed by atoms with Gasteiger partial charge in [0.05, 0.1) is 11.4 Å². The zero-order valence-electron chi connectivity index (χ0n) is 11.8. The molecule has 4 N–H and O–H groups in total. The topological polar surface area (TPSA) is 90.3 Å². The van der Waals surface area contributed by atoms with Gasteiger partial charge in [0.25, 0.3) is 0 Å². The van der Waals surface area contributed by atoms with Crippen LogP contribution in [-0.4, -0.2) is 16.8 Å². The van der Waals surface area contributed by atoms with Gasteiger partial charge in [-0.1, -0.05) is 11.6 Å². The van der Waals surface area contributed by atoms with Crippen LogP contribution in [0.2, 0.25) is 5.15 Å². The SMILES string of the molecule is C/C(N)=C(\COc1ccc(Cl)nn1)N(N)c1ccc(F)cc1. The maximum absolute atomic E-state index is 13.0. The third kappa shape index (κ3) is 4.06. The molecule has 0 aliphatic rings. The van der Waals surface area contributed by atoms with Crippen LogP contribution in [0.5, 0.6) is 5.88 Å². The van der Waals surface area contributed by atoms with Gasteiger partial charge in [0.15, 0.2) is 5.15 Å². The molecule has 0 saturated heterocycles. The normalized spacial score (nSPS) is 11.8. The summed E-state index contributed by atoms with van der Waals surface area (Å²) < 4.78 is 18.4. The Hall–Kier alpha value is -2.38. The molecule has 0 bridgehead atoms. The smallest absolute Gasteiger partial charge is 0.233 e. The van der Waals surface area contributed by atoms with Crippen LogP contribution in [0.15, 0.2) is 47.8 Å². The molecule has 0 spiro atoms. The van der Waals surface area contributed by atoms with E-state index in [1.54, 1.807) is 31.2 Å². The minimum absolute atomic E-state index is 0.0759. The summed E-state index contributed by atoms with van der Waals surface area (Å²) in [5.74, 6) is 5.95. The Morgan fingerprint density at radius 3 is 2.45 bits per heavy atom. The first-order chi connectivity index (χ1) is 10.5. The molecular formula is C14H15ClFN5O. The van der Waals surface area contributed by atoms with E-state index in [1.165, 1.54) is 17.1 Å². The fourth-order valence-corrected chi connectivity index (χ4v) is 1.75. The number of aromatic nitrogens is 2. The summed E-state index contributed by atoms with van der Waals surface area (Å²) in [6.07, 6.45) is 0. The first-order valence-electron chi connectivity index (χ1n) is 6.35. The second-order valence-corrected chi connectivity index (χ2v) is 4.85. The molecule has 116 valence electrons. The highest BCUT2D eigenvalue weighted by molar-refractivity contribution is 6.29. The Bertz CT molecular complexity index is 656. The van der Waals surface area contributed by atoms with Crippen molar-refractivity contribution in [3.8, 4) is 5.88 Å². The number of halogens is 2. The highest BCUT2D eigenvalue weighted by Gasteiger charge is 2.12. The molecule has 0 unspecified atom stereocenters. The number of hydrogen-bond acceptors (Lipinski definition) is 6. The predicted molar refractivity (Wildman–Crippen MR) is 82.5 cm³/mol. The monoisotopic (exact) mass is 323 g/mol. The Morgan fingerprint density at radius 2 is 1.91 bits per heavy atom. The lowest BCUT2D eigenvalue weighted by Crippen LogP contribution is -2.35. The molecule has 0 amide bonds. The van der Waals surface area contributed by atoms with Crippen LogP contribution in [0.25, 0.3) is 0 Å². The summed E-state index contributed by atoms with van der Waals surface area (Å²) in [5.41, 5.74) is 7.40. The number of anilines is 1. The summed E-state index contributed by atoms with van der Waals surface area (Å²) in [6.45, 7) is 1.77. The summed E-state index contributed by atoms with van der Waals surface area (Å²) in [6, 6.07) is 8.84. The van der Waals surface area contributed by atoms with Gasteiger partial charge in [-0.05, 0) is 37.3 Å². The zero-order chi connectivity index (χ0) is 16.1. The molecule has 0 radical (unpaired) electrons. The number of ether oxygens (including phenoxy) is 1. The molecule has 0 saturated carbocycles. The molecular weight excluding hydrogens is 309 g/mol. The molecule has 0 aliphatic carbocycles. The Kier molecular flexibility index (Phi) is 5.13. The minimum Gasteiger partial charge on any atom is -0.470 e. The van der Waals surface area contributed by atoms with Gasteiger partial charge in [0.2, 0.25) is 5.88 Å². The van der Waals surface area contributed by atoms with Crippen molar-refractivity contribution in [2.45, 2.75) is 6.92 Å². The molecule has 1 aromatic heterocycles. The number of nitrogens with zero attached hydrogens (tertiary/aromatic N) is 3. The first kappa shape index (κ1) is 16.0. The van der Waals surface area contributed by atoms with Crippen LogP contribution in [0, 0.1) is 5.82 Å². The van der Waals surface area contributed by atoms with Crippen molar-refractivity contribution in [3.63, 3.8) is 0 Å². The second-order valence-electron chi connectivity index (χ2n) is 4.46. The van der Waals surface area contributed by atoms with E-state index < -0.39 is 0 Å². The van der Waals surface area contributed by atoms with E-state index in [0.29, 0.717) is 17.1 Å². The Balaban J connectivity index is 2.11. The van der Waals surface area contributed by atoms with Crippen LogP contribution < -0.4 is 21.3 Å². The average Bonchev–Trinajstić information content (AvgIpc) is 2.49. The van der Waals surface area contributed by atoms with Crippen molar-refractivity contribution in [2.75, 3.05) is 11.6 Å².